The molecule has 0 saturated carbocycles. The van der Waals surface area contributed by atoms with Crippen LogP contribution in [0.15, 0.2) is 12.7 Å². The van der Waals surface area contributed by atoms with Crippen molar-refractivity contribution in [2.75, 3.05) is 37.8 Å². The number of nitrogens with one attached hydrogen (secondary N) is 2. The Morgan fingerprint density at radius 3 is 2.00 bits per heavy atom. The van der Waals surface area contributed by atoms with Crippen molar-refractivity contribution in [3.63, 3.8) is 0 Å². The molecule has 1 saturated heterocycles. The highest BCUT2D eigenvalue weighted by molar-refractivity contribution is 8.13. The van der Waals surface area contributed by atoms with Crippen molar-refractivity contribution < 1.29 is 80.5 Å². The first kappa shape index (κ1) is 64.8. The number of hydrogen-bond donors (Lipinski definition) is 9. The number of imidazole rings is 1. The van der Waals surface area contributed by atoms with Gasteiger partial charge in [-0.2, -0.15) is 4.31 Å². The van der Waals surface area contributed by atoms with Gasteiger partial charge < -0.3 is 50.9 Å². The maximum Gasteiger partial charge on any atom is 0.481 e. The van der Waals surface area contributed by atoms with Crippen LogP contribution in [0.1, 0.15) is 169 Å². The molecule has 2 aromatic rings. The lowest BCUT2D eigenvalue weighted by Gasteiger charge is -2.30. The van der Waals surface area contributed by atoms with Crippen molar-refractivity contribution in [1.29, 1.82) is 0 Å². The number of carbonyl (C=O) groups is 3. The summed E-state index contributed by atoms with van der Waals surface area (Å²) in [5.74, 6) is -0.228. The number of aliphatic hydroxyl groups is 2. The van der Waals surface area contributed by atoms with Crippen molar-refractivity contribution in [3.8, 4) is 0 Å². The number of phosphoric acid groups is 3. The minimum Gasteiger partial charge on any atom is -0.386 e. The monoisotopic (exact) mass is 1120 g/mol. The standard InChI is InChI=1S/C45H82N7O17P3S/c1-5-6-7-8-9-10-11-12-13-16-19-22-33(2)23-20-17-14-15-18-21-24-36(54)73-28-27-47-35(53)25-26-48-43(57)40(56)45(3,4)30-66-72(63,64)69-71(61,62)65-29-34-39(68-70(58,59)60)38(55)44(67-34)52-32-51-37-41(46)49-31-50-42(37)52/h31-34,38-40,44,55-56H,5-30H2,1-4H3,(H,47,53)(H,48,57)(H,61,62)(H,63,64)(H2,46,49,50)(H2,58,59,60). The average Bonchev–Trinajstić information content (AvgIpc) is 3.88. The van der Waals surface area contributed by atoms with Crippen LogP contribution < -0.4 is 16.4 Å². The van der Waals surface area contributed by atoms with Gasteiger partial charge in [-0.25, -0.2) is 28.6 Å². The van der Waals surface area contributed by atoms with E-state index in [1.54, 1.807) is 0 Å². The Morgan fingerprint density at radius 1 is 0.822 bits per heavy atom. The largest absolute Gasteiger partial charge is 0.481 e. The highest BCUT2D eigenvalue weighted by atomic mass is 32.2. The molecule has 8 atom stereocenters. The molecule has 10 N–H and O–H groups in total. The molecule has 8 unspecified atom stereocenters. The Balaban J connectivity index is 1.24. The van der Waals surface area contributed by atoms with Gasteiger partial charge in [0.2, 0.25) is 11.8 Å². The Bertz CT molecular complexity index is 2120. The summed E-state index contributed by atoms with van der Waals surface area (Å²) >= 11 is 1.16. The number of ether oxygens (including phenoxy) is 1. The van der Waals surface area contributed by atoms with Crippen LogP contribution in [0.2, 0.25) is 0 Å². The van der Waals surface area contributed by atoms with Gasteiger partial charge in [0.1, 0.15) is 36.3 Å². The number of aliphatic hydroxyl groups excluding tert-OH is 2. The first-order valence-electron chi connectivity index (χ1n) is 25.5. The van der Waals surface area contributed by atoms with E-state index in [4.69, 9.17) is 19.5 Å². The number of phosphoric ester groups is 3. The number of nitrogen functional groups attached to an aromatic ring is 1. The molecule has 3 rings (SSSR count). The van der Waals surface area contributed by atoms with Crippen LogP contribution in [0.25, 0.3) is 11.2 Å². The van der Waals surface area contributed by atoms with Crippen LogP contribution in [-0.2, 0) is 50.7 Å². The quantitative estimate of drug-likeness (QED) is 0.0237. The number of fused-ring (bicyclic) bond motifs is 1. The molecule has 0 aromatic carbocycles. The minimum atomic E-state index is -5.58. The summed E-state index contributed by atoms with van der Waals surface area (Å²) in [4.78, 5) is 88.6. The van der Waals surface area contributed by atoms with Crippen LogP contribution in [0.3, 0.4) is 0 Å². The van der Waals surface area contributed by atoms with E-state index in [0.29, 0.717) is 12.2 Å². The maximum atomic E-state index is 12.8. The fourth-order valence-corrected chi connectivity index (χ4v) is 11.7. The lowest BCUT2D eigenvalue weighted by molar-refractivity contribution is -0.137. The van der Waals surface area contributed by atoms with Crippen LogP contribution >= 0.6 is 35.2 Å². The number of unbranched alkanes of at least 4 members (excludes halogenated alkanes) is 15. The highest BCUT2D eigenvalue weighted by Crippen LogP contribution is 2.61. The molecule has 0 spiro atoms. The van der Waals surface area contributed by atoms with Gasteiger partial charge in [-0.15, -0.1) is 0 Å². The molecule has 1 fully saturated rings. The number of anilines is 1. The van der Waals surface area contributed by atoms with Crippen molar-refractivity contribution >= 4 is 69.1 Å². The summed E-state index contributed by atoms with van der Waals surface area (Å²) in [5.41, 5.74) is 4.30. The highest BCUT2D eigenvalue weighted by Gasteiger charge is 2.50. The van der Waals surface area contributed by atoms with E-state index in [1.165, 1.54) is 117 Å². The molecule has 28 heteroatoms. The molecule has 0 radical (unpaired) electrons. The van der Waals surface area contributed by atoms with Gasteiger partial charge >= 0.3 is 23.5 Å². The van der Waals surface area contributed by atoms with Gasteiger partial charge in [0.25, 0.3) is 0 Å². The van der Waals surface area contributed by atoms with Crippen LogP contribution in [0.5, 0.6) is 0 Å². The molecule has 73 heavy (non-hydrogen) atoms. The van der Waals surface area contributed by atoms with E-state index in [9.17, 15) is 57.9 Å². The Hall–Kier alpha value is -2.44. The molecular formula is C45H82N7O17P3S. The van der Waals surface area contributed by atoms with E-state index in [1.807, 2.05) is 0 Å². The zero-order valence-electron chi connectivity index (χ0n) is 42.8. The summed E-state index contributed by atoms with van der Waals surface area (Å²) in [6.07, 6.45) is 18.0. The molecular weight excluding hydrogens is 1040 g/mol. The summed E-state index contributed by atoms with van der Waals surface area (Å²) in [6.45, 7) is 5.23. The molecule has 24 nitrogen and oxygen atoms in total. The second-order valence-electron chi connectivity index (χ2n) is 19.4. The van der Waals surface area contributed by atoms with E-state index in [2.05, 4.69) is 48.3 Å². The average molecular weight is 1120 g/mol. The maximum absolute atomic E-state index is 12.8. The Morgan fingerprint density at radius 2 is 1.40 bits per heavy atom. The summed E-state index contributed by atoms with van der Waals surface area (Å²) in [7, 11) is -16.4. The molecule has 3 heterocycles. The van der Waals surface area contributed by atoms with Crippen molar-refractivity contribution in [2.45, 2.75) is 193 Å². The Labute approximate surface area is 433 Å². The van der Waals surface area contributed by atoms with Gasteiger partial charge in [-0.05, 0) is 12.3 Å². The van der Waals surface area contributed by atoms with Gasteiger partial charge in [-0.1, -0.05) is 155 Å². The molecule has 2 amide bonds. The molecule has 1 aliphatic rings. The first-order valence-corrected chi connectivity index (χ1v) is 31.0. The fraction of sp³-hybridized carbons (Fsp3) is 0.822. The number of hydrogen-bond acceptors (Lipinski definition) is 18. The number of carbonyl (C=O) groups excluding carboxylic acids is 3. The smallest absolute Gasteiger partial charge is 0.386 e. The third kappa shape index (κ3) is 25.5. The summed E-state index contributed by atoms with van der Waals surface area (Å²) < 4.78 is 62.6. The molecule has 0 bridgehead atoms. The van der Waals surface area contributed by atoms with E-state index in [-0.39, 0.29) is 41.6 Å². The number of aromatic nitrogens is 4. The van der Waals surface area contributed by atoms with Crippen molar-refractivity contribution in [2.24, 2.45) is 11.3 Å². The van der Waals surface area contributed by atoms with Crippen LogP contribution in [0.4, 0.5) is 5.82 Å². The number of thioether (sulfide) groups is 1. The summed E-state index contributed by atoms with van der Waals surface area (Å²) in [5, 5.41) is 26.7. The molecule has 420 valence electrons. The van der Waals surface area contributed by atoms with E-state index in [0.717, 1.165) is 54.2 Å². The molecule has 1 aliphatic heterocycles. The second-order valence-corrected chi connectivity index (χ2v) is 24.8. The zero-order valence-corrected chi connectivity index (χ0v) is 46.3. The lowest BCUT2D eigenvalue weighted by Crippen LogP contribution is -2.46. The molecule has 0 aliphatic carbocycles. The topological polar surface area (TPSA) is 364 Å². The number of nitrogens with two attached hydrogens (primary N) is 1. The second kappa shape index (κ2) is 33.0. The van der Waals surface area contributed by atoms with E-state index < -0.39 is 84.6 Å². The van der Waals surface area contributed by atoms with Crippen molar-refractivity contribution in [1.82, 2.24) is 30.2 Å². The number of nitrogens with zero attached hydrogens (tertiary/aromatic N) is 4. The first-order chi connectivity index (χ1) is 34.4. The van der Waals surface area contributed by atoms with Gasteiger partial charge in [0.15, 0.2) is 22.8 Å². The van der Waals surface area contributed by atoms with Gasteiger partial charge in [0.05, 0.1) is 19.5 Å². The predicted molar refractivity (Wildman–Crippen MR) is 274 cm³/mol. The number of amides is 2. The summed E-state index contributed by atoms with van der Waals surface area (Å²) in [6, 6.07) is 0. The fourth-order valence-electron chi connectivity index (χ4n) is 8.14. The van der Waals surface area contributed by atoms with Crippen LogP contribution in [0, 0.1) is 11.3 Å². The lowest BCUT2D eigenvalue weighted by atomic mass is 9.87. The third-order valence-corrected chi connectivity index (χ3v) is 16.4. The van der Waals surface area contributed by atoms with Crippen LogP contribution in [-0.4, -0.2) is 123 Å². The van der Waals surface area contributed by atoms with Crippen molar-refractivity contribution in [3.05, 3.63) is 12.7 Å². The predicted octanol–water partition coefficient (Wildman–Crippen LogP) is 7.12. The number of rotatable bonds is 40. The third-order valence-electron chi connectivity index (χ3n) is 12.4. The zero-order chi connectivity index (χ0) is 54.1. The van der Waals surface area contributed by atoms with Gasteiger partial charge in [-0.3, -0.25) is 32.5 Å². The minimum absolute atomic E-state index is 0.0344. The van der Waals surface area contributed by atoms with E-state index >= 15 is 0 Å². The van der Waals surface area contributed by atoms with Gasteiger partial charge in [0, 0.05) is 37.1 Å². The normalized spacial score (nSPS) is 19.9. The Kier molecular flexibility index (Phi) is 29.3. The SMILES string of the molecule is CCCCCCCCCCCCCC(C)CCCCCCCCC(=O)SCCNC(=O)CCNC(=O)C(O)C(C)(C)COP(=O)(O)OP(=O)(O)OCC1OC(n2cnc3c(N)ncnc32)C(O)C1OP(=O)(O)O. The molecule has 2 aromatic heterocycles.